The molecule has 0 unspecified atom stereocenters. The Morgan fingerprint density at radius 1 is 1.12 bits per heavy atom. The fraction of sp³-hybridized carbons (Fsp3) is 0.933. The summed E-state index contributed by atoms with van der Waals surface area (Å²) in [4.78, 5) is 14.0. The summed E-state index contributed by atoms with van der Waals surface area (Å²) in [6.45, 7) is 19.0. The summed E-state index contributed by atoms with van der Waals surface area (Å²) in [7, 11) is 0. The van der Waals surface area contributed by atoms with Crippen molar-refractivity contribution in [3.63, 3.8) is 0 Å². The Bertz CT molecular complexity index is 248. The van der Waals surface area contributed by atoms with Gasteiger partial charge in [0.05, 0.1) is 0 Å². The van der Waals surface area contributed by atoms with E-state index in [-0.39, 0.29) is 17.2 Å². The molecule has 0 fully saturated rings. The van der Waals surface area contributed by atoms with Crippen molar-refractivity contribution in [1.29, 1.82) is 0 Å². The smallest absolute Gasteiger partial charge is 0.225 e. The highest BCUT2D eigenvalue weighted by atomic mass is 16.2. The van der Waals surface area contributed by atoms with E-state index in [0.29, 0.717) is 5.41 Å². The molecule has 0 aliphatic rings. The Morgan fingerprint density at radius 3 is 1.88 bits per heavy atom. The highest BCUT2D eigenvalue weighted by Gasteiger charge is 2.29. The molecule has 2 nitrogen and oxygen atoms in total. The van der Waals surface area contributed by atoms with Gasteiger partial charge in [-0.15, -0.1) is 0 Å². The average Bonchev–Trinajstić information content (AvgIpc) is 2.08. The van der Waals surface area contributed by atoms with Gasteiger partial charge >= 0.3 is 0 Å². The monoisotopic (exact) mass is 241 g/mol. The van der Waals surface area contributed by atoms with Crippen molar-refractivity contribution in [2.45, 2.75) is 61.8 Å². The molecule has 0 rings (SSSR count). The molecule has 0 saturated heterocycles. The predicted octanol–water partition coefficient (Wildman–Crippen LogP) is 3.95. The van der Waals surface area contributed by atoms with Crippen LogP contribution < -0.4 is 0 Å². The lowest BCUT2D eigenvalue weighted by atomic mass is 9.76. The van der Waals surface area contributed by atoms with Crippen molar-refractivity contribution in [1.82, 2.24) is 4.90 Å². The summed E-state index contributed by atoms with van der Waals surface area (Å²) >= 11 is 0. The van der Waals surface area contributed by atoms with Gasteiger partial charge in [-0.3, -0.25) is 4.79 Å². The summed E-state index contributed by atoms with van der Waals surface area (Å²) in [5.41, 5.74) is 0.489. The zero-order valence-corrected chi connectivity index (χ0v) is 13.1. The van der Waals surface area contributed by atoms with Crippen LogP contribution >= 0.6 is 0 Å². The Kier molecular flexibility index (Phi) is 5.70. The first-order valence-corrected chi connectivity index (χ1v) is 6.77. The van der Waals surface area contributed by atoms with E-state index in [0.717, 1.165) is 19.5 Å². The molecular weight excluding hydrogens is 210 g/mol. The van der Waals surface area contributed by atoms with Crippen LogP contribution in [0.15, 0.2) is 0 Å². The number of carbonyl (C=O) groups is 1. The molecule has 0 bridgehead atoms. The lowest BCUT2D eigenvalue weighted by Crippen LogP contribution is -2.42. The van der Waals surface area contributed by atoms with Crippen LogP contribution in [0.4, 0.5) is 0 Å². The summed E-state index contributed by atoms with van der Waals surface area (Å²) in [5.74, 6) is 0.370. The Hall–Kier alpha value is -0.530. The predicted molar refractivity (Wildman–Crippen MR) is 74.9 cm³/mol. The van der Waals surface area contributed by atoms with E-state index >= 15 is 0 Å². The molecule has 17 heavy (non-hydrogen) atoms. The van der Waals surface area contributed by atoms with Gasteiger partial charge in [0.2, 0.25) is 5.91 Å². The molecule has 0 aromatic rings. The molecule has 0 heterocycles. The normalized spacial score (nSPS) is 13.0. The van der Waals surface area contributed by atoms with Crippen LogP contribution in [0.1, 0.15) is 61.8 Å². The first kappa shape index (κ1) is 16.5. The van der Waals surface area contributed by atoms with E-state index in [4.69, 9.17) is 0 Å². The maximum Gasteiger partial charge on any atom is 0.225 e. The number of nitrogens with zero attached hydrogens (tertiary/aromatic N) is 1. The lowest BCUT2D eigenvalue weighted by Gasteiger charge is -2.37. The quantitative estimate of drug-likeness (QED) is 0.713. The summed E-state index contributed by atoms with van der Waals surface area (Å²) in [5, 5.41) is 0. The average molecular weight is 241 g/mol. The first-order valence-electron chi connectivity index (χ1n) is 6.77. The van der Waals surface area contributed by atoms with E-state index in [9.17, 15) is 4.79 Å². The molecule has 0 aromatic heterocycles. The lowest BCUT2D eigenvalue weighted by molar-refractivity contribution is -0.135. The van der Waals surface area contributed by atoms with Crippen LogP contribution in [0.3, 0.4) is 0 Å². The van der Waals surface area contributed by atoms with Crippen molar-refractivity contribution in [2.24, 2.45) is 16.7 Å². The Labute approximate surface area is 108 Å². The summed E-state index contributed by atoms with van der Waals surface area (Å²) < 4.78 is 0. The largest absolute Gasteiger partial charge is 0.342 e. The Balaban J connectivity index is 4.61. The molecule has 0 aromatic carbocycles. The summed E-state index contributed by atoms with van der Waals surface area (Å²) in [6.07, 6.45) is 1.13. The molecule has 102 valence electrons. The molecular formula is C15H31NO. The van der Waals surface area contributed by atoms with E-state index in [1.165, 1.54) is 0 Å². The van der Waals surface area contributed by atoms with Gasteiger partial charge in [-0.2, -0.15) is 0 Å². The number of amides is 1. The molecule has 0 saturated carbocycles. The molecule has 2 heteroatoms. The van der Waals surface area contributed by atoms with Gasteiger partial charge in [0, 0.05) is 19.0 Å². The zero-order chi connectivity index (χ0) is 13.9. The minimum atomic E-state index is 0.0976. The van der Waals surface area contributed by atoms with Gasteiger partial charge in [-0.25, -0.2) is 0 Å². The fourth-order valence-electron chi connectivity index (χ4n) is 2.72. The maximum absolute atomic E-state index is 12.0. The fourth-order valence-corrected chi connectivity index (χ4v) is 2.72. The topological polar surface area (TPSA) is 20.3 Å². The SMILES string of the molecule is CCN(CC(C)(C)CC(C)(C)C)C(=O)C(C)C. The zero-order valence-electron chi connectivity index (χ0n) is 13.1. The van der Waals surface area contributed by atoms with Gasteiger partial charge in [-0.05, 0) is 24.2 Å². The minimum Gasteiger partial charge on any atom is -0.342 e. The summed E-state index contributed by atoms with van der Waals surface area (Å²) in [6, 6.07) is 0. The van der Waals surface area contributed by atoms with Gasteiger partial charge in [0.15, 0.2) is 0 Å². The second-order valence-electron chi connectivity index (χ2n) is 7.41. The van der Waals surface area contributed by atoms with Crippen LogP contribution in [0, 0.1) is 16.7 Å². The van der Waals surface area contributed by atoms with Crippen molar-refractivity contribution in [3.8, 4) is 0 Å². The van der Waals surface area contributed by atoms with E-state index in [1.807, 2.05) is 18.7 Å². The minimum absolute atomic E-state index is 0.0976. The molecule has 0 N–H and O–H groups in total. The third-order valence-electron chi connectivity index (χ3n) is 2.82. The molecule has 0 spiro atoms. The van der Waals surface area contributed by atoms with Crippen LogP contribution in [0.25, 0.3) is 0 Å². The highest BCUT2D eigenvalue weighted by molar-refractivity contribution is 5.78. The third kappa shape index (κ3) is 6.70. The maximum atomic E-state index is 12.0. The van der Waals surface area contributed by atoms with Gasteiger partial charge in [0.1, 0.15) is 0 Å². The number of hydrogen-bond acceptors (Lipinski definition) is 1. The van der Waals surface area contributed by atoms with E-state index in [1.54, 1.807) is 0 Å². The molecule has 0 atom stereocenters. The second kappa shape index (κ2) is 5.88. The second-order valence-corrected chi connectivity index (χ2v) is 7.41. The van der Waals surface area contributed by atoms with Gasteiger partial charge < -0.3 is 4.90 Å². The van der Waals surface area contributed by atoms with E-state index < -0.39 is 0 Å². The van der Waals surface area contributed by atoms with Crippen LogP contribution in [-0.2, 0) is 4.79 Å². The molecule has 0 aliphatic heterocycles. The number of carbonyl (C=O) groups excluding carboxylic acids is 1. The van der Waals surface area contributed by atoms with E-state index in [2.05, 4.69) is 41.5 Å². The first-order chi connectivity index (χ1) is 7.48. The van der Waals surface area contributed by atoms with Crippen LogP contribution in [0.2, 0.25) is 0 Å². The van der Waals surface area contributed by atoms with Crippen molar-refractivity contribution in [2.75, 3.05) is 13.1 Å². The van der Waals surface area contributed by atoms with Crippen molar-refractivity contribution >= 4 is 5.91 Å². The highest BCUT2D eigenvalue weighted by Crippen LogP contribution is 2.33. The standard InChI is InChI=1S/C15H31NO/c1-9-16(13(17)12(2)3)11-15(7,8)10-14(4,5)6/h12H,9-11H2,1-8H3. The van der Waals surface area contributed by atoms with Crippen LogP contribution in [0.5, 0.6) is 0 Å². The molecule has 0 aliphatic carbocycles. The van der Waals surface area contributed by atoms with Crippen molar-refractivity contribution in [3.05, 3.63) is 0 Å². The van der Waals surface area contributed by atoms with Gasteiger partial charge in [-0.1, -0.05) is 48.5 Å². The number of hydrogen-bond donors (Lipinski definition) is 0. The van der Waals surface area contributed by atoms with Crippen molar-refractivity contribution < 1.29 is 4.79 Å². The molecule has 0 radical (unpaired) electrons. The Morgan fingerprint density at radius 2 is 1.59 bits per heavy atom. The number of rotatable bonds is 5. The van der Waals surface area contributed by atoms with Gasteiger partial charge in [0.25, 0.3) is 0 Å². The third-order valence-corrected chi connectivity index (χ3v) is 2.82. The molecule has 1 amide bonds. The van der Waals surface area contributed by atoms with Crippen LogP contribution in [-0.4, -0.2) is 23.9 Å².